The van der Waals surface area contributed by atoms with E-state index in [1.807, 2.05) is 20.8 Å². The molecule has 0 aliphatic carbocycles. The molecule has 23 heavy (non-hydrogen) atoms. The van der Waals surface area contributed by atoms with Gasteiger partial charge in [0.15, 0.2) is 5.69 Å². The normalized spacial score (nSPS) is 10.6. The molecule has 2 rings (SSSR count). The van der Waals surface area contributed by atoms with E-state index in [-0.39, 0.29) is 11.3 Å². The van der Waals surface area contributed by atoms with Crippen LogP contribution in [-0.4, -0.2) is 21.4 Å². The predicted molar refractivity (Wildman–Crippen MR) is 91.8 cm³/mol. The number of nitrogens with one attached hydrogen (secondary N) is 1. The van der Waals surface area contributed by atoms with E-state index in [1.165, 1.54) is 4.68 Å². The first kappa shape index (κ1) is 16.9. The Hall–Kier alpha value is -2.50. The van der Waals surface area contributed by atoms with Gasteiger partial charge in [0.1, 0.15) is 0 Å². The fraction of sp³-hybridized carbons (Fsp3) is 0.412. The smallest absolute Gasteiger partial charge is 0.267 e. The van der Waals surface area contributed by atoms with Crippen molar-refractivity contribution in [3.63, 3.8) is 0 Å². The molecule has 1 N–H and O–H groups in total. The molecular formula is C17H22N4O2. The average Bonchev–Trinajstić information content (AvgIpc) is 2.58. The van der Waals surface area contributed by atoms with Crippen LogP contribution in [-0.2, 0) is 6.54 Å². The second-order valence-corrected chi connectivity index (χ2v) is 5.25. The third-order valence-corrected chi connectivity index (χ3v) is 3.65. The van der Waals surface area contributed by atoms with E-state index in [4.69, 9.17) is 0 Å². The third kappa shape index (κ3) is 3.64. The van der Waals surface area contributed by atoms with Gasteiger partial charge in [-0.15, -0.1) is 0 Å². The van der Waals surface area contributed by atoms with E-state index in [1.54, 1.807) is 24.3 Å². The van der Waals surface area contributed by atoms with Gasteiger partial charge in [0.25, 0.3) is 11.5 Å². The minimum atomic E-state index is -0.398. The van der Waals surface area contributed by atoms with Gasteiger partial charge in [0.05, 0.1) is 5.39 Å². The number of hydrogen-bond acceptors (Lipinski definition) is 4. The Bertz CT molecular complexity index is 787. The van der Waals surface area contributed by atoms with E-state index < -0.39 is 5.91 Å². The lowest BCUT2D eigenvalue weighted by Gasteiger charge is -2.09. The van der Waals surface area contributed by atoms with Crippen molar-refractivity contribution in [3.05, 3.63) is 40.3 Å². The first-order valence-electron chi connectivity index (χ1n) is 7.97. The number of carbonyl (C=O) groups excluding carboxylic acids is 1. The molecule has 0 aliphatic heterocycles. The maximum Gasteiger partial charge on any atom is 0.292 e. The highest BCUT2D eigenvalue weighted by molar-refractivity contribution is 6.05. The largest absolute Gasteiger partial charge is 0.292 e. The highest BCUT2D eigenvalue weighted by Crippen LogP contribution is 2.13. The number of nitrogens with zero attached hydrogens (tertiary/aromatic N) is 3. The van der Waals surface area contributed by atoms with Gasteiger partial charge in [-0.1, -0.05) is 39.0 Å². The monoisotopic (exact) mass is 314 g/mol. The maximum atomic E-state index is 12.5. The molecular weight excluding hydrogens is 292 g/mol. The molecule has 6 nitrogen and oxygen atoms in total. The average molecular weight is 314 g/mol. The Kier molecular flexibility index (Phi) is 5.62. The minimum Gasteiger partial charge on any atom is -0.267 e. The highest BCUT2D eigenvalue weighted by atomic mass is 16.2. The van der Waals surface area contributed by atoms with E-state index >= 15 is 0 Å². The number of benzene rings is 1. The Morgan fingerprint density at radius 1 is 1.17 bits per heavy atom. The Morgan fingerprint density at radius 2 is 1.83 bits per heavy atom. The van der Waals surface area contributed by atoms with Crippen molar-refractivity contribution in [3.8, 4) is 0 Å². The van der Waals surface area contributed by atoms with Crippen LogP contribution in [0.15, 0.2) is 34.2 Å². The summed E-state index contributed by atoms with van der Waals surface area (Å²) in [5.74, 6) is -0.398. The van der Waals surface area contributed by atoms with E-state index in [0.717, 1.165) is 25.0 Å². The summed E-state index contributed by atoms with van der Waals surface area (Å²) in [6, 6.07) is 7.03. The number of rotatable bonds is 6. The Balaban J connectivity index is 2.51. The van der Waals surface area contributed by atoms with Gasteiger partial charge in [-0.25, -0.2) is 10.1 Å². The zero-order valence-corrected chi connectivity index (χ0v) is 13.8. The van der Waals surface area contributed by atoms with Crippen LogP contribution in [0.5, 0.6) is 0 Å². The van der Waals surface area contributed by atoms with Gasteiger partial charge in [-0.3, -0.25) is 9.59 Å². The molecule has 0 saturated carbocycles. The van der Waals surface area contributed by atoms with Crippen LogP contribution in [0, 0.1) is 0 Å². The number of aromatic nitrogens is 2. The van der Waals surface area contributed by atoms with Crippen LogP contribution in [0.2, 0.25) is 0 Å². The molecule has 1 amide bonds. The van der Waals surface area contributed by atoms with Gasteiger partial charge in [-0.2, -0.15) is 10.2 Å². The van der Waals surface area contributed by atoms with Gasteiger partial charge in [0, 0.05) is 17.6 Å². The summed E-state index contributed by atoms with van der Waals surface area (Å²) < 4.78 is 1.35. The quantitative estimate of drug-likeness (QED) is 0.658. The van der Waals surface area contributed by atoms with Gasteiger partial charge in [-0.05, 0) is 25.3 Å². The molecule has 0 aliphatic rings. The molecule has 1 aromatic heterocycles. The van der Waals surface area contributed by atoms with Crippen molar-refractivity contribution in [1.29, 1.82) is 0 Å². The van der Waals surface area contributed by atoms with Crippen LogP contribution in [0.25, 0.3) is 10.8 Å². The van der Waals surface area contributed by atoms with E-state index in [2.05, 4.69) is 15.6 Å². The van der Waals surface area contributed by atoms with E-state index in [9.17, 15) is 9.59 Å². The number of fused-ring (bicyclic) bond motifs is 1. The van der Waals surface area contributed by atoms with Crippen LogP contribution < -0.4 is 11.0 Å². The molecule has 0 atom stereocenters. The van der Waals surface area contributed by atoms with E-state index in [0.29, 0.717) is 17.3 Å². The fourth-order valence-electron chi connectivity index (χ4n) is 2.36. The summed E-state index contributed by atoms with van der Waals surface area (Å²) in [4.78, 5) is 24.9. The molecule has 0 fully saturated rings. The lowest BCUT2D eigenvalue weighted by atomic mass is 10.1. The zero-order chi connectivity index (χ0) is 16.8. The highest BCUT2D eigenvalue weighted by Gasteiger charge is 2.16. The second kappa shape index (κ2) is 7.67. The van der Waals surface area contributed by atoms with Crippen molar-refractivity contribution in [2.75, 3.05) is 0 Å². The summed E-state index contributed by atoms with van der Waals surface area (Å²) in [5, 5.41) is 9.42. The fourth-order valence-corrected chi connectivity index (χ4v) is 2.36. The maximum absolute atomic E-state index is 12.5. The van der Waals surface area contributed by atoms with Gasteiger partial charge < -0.3 is 0 Å². The van der Waals surface area contributed by atoms with Crippen molar-refractivity contribution >= 4 is 22.4 Å². The Morgan fingerprint density at radius 3 is 2.43 bits per heavy atom. The molecule has 0 bridgehead atoms. The summed E-state index contributed by atoms with van der Waals surface area (Å²) >= 11 is 0. The summed E-state index contributed by atoms with van der Waals surface area (Å²) in [5.41, 5.74) is 3.51. The number of amides is 1. The first-order valence-corrected chi connectivity index (χ1v) is 7.97. The minimum absolute atomic E-state index is 0.176. The van der Waals surface area contributed by atoms with Crippen molar-refractivity contribution in [2.45, 2.75) is 46.6 Å². The first-order chi connectivity index (χ1) is 11.1. The number of carbonyl (C=O) groups is 1. The zero-order valence-electron chi connectivity index (χ0n) is 13.8. The lowest BCUT2D eigenvalue weighted by molar-refractivity contribution is 0.0949. The Labute approximate surface area is 135 Å². The molecule has 2 aromatic rings. The topological polar surface area (TPSA) is 76.3 Å². The molecule has 122 valence electrons. The van der Waals surface area contributed by atoms with Crippen LogP contribution in [0.1, 0.15) is 50.5 Å². The van der Waals surface area contributed by atoms with Crippen molar-refractivity contribution in [2.24, 2.45) is 5.10 Å². The molecule has 6 heteroatoms. The lowest BCUT2D eigenvalue weighted by Crippen LogP contribution is -2.29. The molecule has 0 saturated heterocycles. The third-order valence-electron chi connectivity index (χ3n) is 3.65. The standard InChI is InChI=1S/C17H22N4O2/c1-4-11-21-17(23)14-10-8-7-9-13(14)15(20-21)16(22)19-18-12(5-2)6-3/h7-10H,4-6,11H2,1-3H3,(H,19,22). The van der Waals surface area contributed by atoms with Gasteiger partial charge >= 0.3 is 0 Å². The summed E-state index contributed by atoms with van der Waals surface area (Å²) in [6.45, 7) is 6.41. The van der Waals surface area contributed by atoms with Crippen LogP contribution in [0.3, 0.4) is 0 Å². The number of hydrazone groups is 1. The molecule has 0 spiro atoms. The SMILES string of the molecule is CCCn1nc(C(=O)NN=C(CC)CC)c2ccccc2c1=O. The van der Waals surface area contributed by atoms with Crippen LogP contribution >= 0.6 is 0 Å². The van der Waals surface area contributed by atoms with Crippen LogP contribution in [0.4, 0.5) is 0 Å². The predicted octanol–water partition coefficient (Wildman–Crippen LogP) is 2.71. The van der Waals surface area contributed by atoms with Crippen molar-refractivity contribution < 1.29 is 4.79 Å². The van der Waals surface area contributed by atoms with Gasteiger partial charge in [0.2, 0.25) is 0 Å². The number of aryl methyl sites for hydroxylation is 1. The molecule has 1 heterocycles. The summed E-state index contributed by atoms with van der Waals surface area (Å²) in [7, 11) is 0. The second-order valence-electron chi connectivity index (χ2n) is 5.25. The number of hydrogen-bond donors (Lipinski definition) is 1. The van der Waals surface area contributed by atoms with Crippen molar-refractivity contribution in [1.82, 2.24) is 15.2 Å². The molecule has 0 unspecified atom stereocenters. The summed E-state index contributed by atoms with van der Waals surface area (Å²) in [6.07, 6.45) is 2.32. The molecule has 0 radical (unpaired) electrons. The molecule has 1 aromatic carbocycles.